The van der Waals surface area contributed by atoms with Crippen molar-refractivity contribution in [2.24, 2.45) is 0 Å². The summed E-state index contributed by atoms with van der Waals surface area (Å²) in [7, 11) is 1.64. The number of para-hydroxylation sites is 3. The van der Waals surface area contributed by atoms with Crippen LogP contribution in [0.3, 0.4) is 0 Å². The first-order chi connectivity index (χ1) is 33.9. The highest BCUT2D eigenvalue weighted by Crippen LogP contribution is 2.35. The predicted molar refractivity (Wildman–Crippen MR) is 287 cm³/mol. The molecule has 0 aliphatic carbocycles. The van der Waals surface area contributed by atoms with Crippen molar-refractivity contribution >= 4 is 105 Å². The van der Waals surface area contributed by atoms with Crippen LogP contribution in [0.5, 0.6) is 11.5 Å². The molecular weight excluding hydrogens is 1040 g/mol. The van der Waals surface area contributed by atoms with Gasteiger partial charge < -0.3 is 34.6 Å². The lowest BCUT2D eigenvalue weighted by Gasteiger charge is -2.35. The van der Waals surface area contributed by atoms with Crippen molar-refractivity contribution < 1.29 is 23.8 Å². The van der Waals surface area contributed by atoms with E-state index in [0.717, 1.165) is 60.6 Å². The van der Waals surface area contributed by atoms with Gasteiger partial charge in [0.1, 0.15) is 36.4 Å². The van der Waals surface area contributed by atoms with Crippen molar-refractivity contribution in [3.05, 3.63) is 97.4 Å². The number of amides is 2. The van der Waals surface area contributed by atoms with Crippen LogP contribution in [0.1, 0.15) is 71.3 Å². The Labute approximate surface area is 445 Å². The number of halogens is 6. The zero-order chi connectivity index (χ0) is 52.4. The minimum atomic E-state index is -1.05. The standard InChI is InChI=1S/C15H13Cl2N3O2.C15H22ClNO2.C11H11Cl2NO2.C8H14ClN5/c1-2-7-22-13-9-12(10(16)8-11(13)17)20-15(21)19-6-4-3-5-14(19)18-20;1-5-13-8-6-7-11(2)15(13)17(14(18)9-16)12(3)10-19-4;1-7-6-16-9-5-3-2-4-8(9)14(7)11(15)10(12)13;1-4-10-7-12-6(9)13-8(14-7)11-5(2)3/h1,8-9H,3-7H2;6-8,12H,5,9-10H2,1-4H3;2-5,7,10H,6H2,1H3;5H,4H2,1-3H3,(H2,10,11,12,13,14). The molecule has 2 aromatic heterocycles. The maximum absolute atomic E-state index is 12.5. The summed E-state index contributed by atoms with van der Waals surface area (Å²) < 4.78 is 19.0. The van der Waals surface area contributed by atoms with Crippen LogP contribution >= 0.6 is 69.6 Å². The van der Waals surface area contributed by atoms with Gasteiger partial charge >= 0.3 is 5.69 Å². The second kappa shape index (κ2) is 28.9. The van der Waals surface area contributed by atoms with Crippen LogP contribution in [0, 0.1) is 19.3 Å². The van der Waals surface area contributed by atoms with Crippen LogP contribution in [0.4, 0.5) is 23.3 Å². The van der Waals surface area contributed by atoms with E-state index in [9.17, 15) is 14.4 Å². The van der Waals surface area contributed by atoms with Crippen molar-refractivity contribution in [2.75, 3.05) is 59.8 Å². The van der Waals surface area contributed by atoms with Gasteiger partial charge in [0.25, 0.3) is 5.91 Å². The number of aryl methyl sites for hydroxylation is 3. The molecule has 71 heavy (non-hydrogen) atoms. The molecule has 384 valence electrons. The number of hydrogen-bond donors (Lipinski definition) is 2. The molecule has 16 nitrogen and oxygen atoms in total. The monoisotopic (exact) mass is 1090 g/mol. The number of hydrogen-bond acceptors (Lipinski definition) is 12. The fourth-order valence-corrected chi connectivity index (χ4v) is 8.46. The molecule has 7 rings (SSSR count). The van der Waals surface area contributed by atoms with Gasteiger partial charge in [-0.3, -0.25) is 14.2 Å². The topological polar surface area (TPSA) is 171 Å². The third-order valence-corrected chi connectivity index (χ3v) is 11.9. The largest absolute Gasteiger partial charge is 0.489 e. The Hall–Kier alpha value is -4.99. The molecule has 0 bridgehead atoms. The van der Waals surface area contributed by atoms with Gasteiger partial charge in [0, 0.05) is 38.7 Å². The van der Waals surface area contributed by atoms with E-state index in [1.165, 1.54) is 10.7 Å². The summed E-state index contributed by atoms with van der Waals surface area (Å²) in [5.41, 5.74) is 4.16. The van der Waals surface area contributed by atoms with Gasteiger partial charge in [-0.05, 0) is 102 Å². The van der Waals surface area contributed by atoms with E-state index in [2.05, 4.69) is 49.6 Å². The first kappa shape index (κ1) is 58.6. The third-order valence-electron chi connectivity index (χ3n) is 10.5. The number of carbonyl (C=O) groups excluding carboxylic acids is 2. The van der Waals surface area contributed by atoms with Crippen LogP contribution in [0.25, 0.3) is 5.69 Å². The second-order valence-electron chi connectivity index (χ2n) is 16.3. The highest BCUT2D eigenvalue weighted by atomic mass is 35.5. The van der Waals surface area contributed by atoms with Crippen molar-refractivity contribution in [3.63, 3.8) is 0 Å². The lowest BCUT2D eigenvalue weighted by Crippen LogP contribution is -2.47. The van der Waals surface area contributed by atoms with Crippen LogP contribution < -0.4 is 35.6 Å². The van der Waals surface area contributed by atoms with E-state index in [-0.39, 0.29) is 53.4 Å². The van der Waals surface area contributed by atoms with Crippen LogP contribution in [0.2, 0.25) is 15.3 Å². The number of aromatic nitrogens is 6. The smallest absolute Gasteiger partial charge is 0.350 e. The fourth-order valence-electron chi connectivity index (χ4n) is 7.44. The van der Waals surface area contributed by atoms with Crippen molar-refractivity contribution in [2.45, 2.75) is 104 Å². The van der Waals surface area contributed by atoms with E-state index in [4.69, 9.17) is 90.2 Å². The number of ether oxygens (including phenoxy) is 3. The summed E-state index contributed by atoms with van der Waals surface area (Å²) >= 11 is 35.0. The Morgan fingerprint density at radius 1 is 0.986 bits per heavy atom. The molecule has 2 atom stereocenters. The van der Waals surface area contributed by atoms with E-state index in [0.29, 0.717) is 58.9 Å². The summed E-state index contributed by atoms with van der Waals surface area (Å²) in [6.07, 6.45) is 8.85. The highest BCUT2D eigenvalue weighted by Gasteiger charge is 2.32. The van der Waals surface area contributed by atoms with Crippen molar-refractivity contribution in [1.29, 1.82) is 0 Å². The first-order valence-corrected chi connectivity index (χ1v) is 25.4. The minimum Gasteiger partial charge on any atom is -0.489 e. The molecule has 4 heterocycles. The Morgan fingerprint density at radius 3 is 2.34 bits per heavy atom. The van der Waals surface area contributed by atoms with E-state index < -0.39 is 4.84 Å². The van der Waals surface area contributed by atoms with Gasteiger partial charge in [-0.25, -0.2) is 4.79 Å². The van der Waals surface area contributed by atoms with Gasteiger partial charge in [0.2, 0.25) is 23.1 Å². The molecule has 2 N–H and O–H groups in total. The van der Waals surface area contributed by atoms with Gasteiger partial charge in [-0.15, -0.1) is 23.1 Å². The molecule has 2 aliphatic heterocycles. The Kier molecular flexibility index (Phi) is 23.8. The van der Waals surface area contributed by atoms with E-state index >= 15 is 0 Å². The maximum Gasteiger partial charge on any atom is 0.350 e. The zero-order valence-electron chi connectivity index (χ0n) is 40.9. The molecule has 0 saturated carbocycles. The summed E-state index contributed by atoms with van der Waals surface area (Å²) in [6, 6.07) is 16.7. The third kappa shape index (κ3) is 16.3. The number of rotatable bonds is 14. The number of anilines is 4. The van der Waals surface area contributed by atoms with Gasteiger partial charge in [-0.2, -0.15) is 19.6 Å². The molecule has 2 unspecified atom stereocenters. The van der Waals surface area contributed by atoms with Gasteiger partial charge in [0.15, 0.2) is 4.84 Å². The SMILES string of the molecule is C#CCOc1cc(-n2nc3n(c2=O)CCCC3)c(Cl)cc1Cl.CC1COc2ccccc2N1C(=O)C(Cl)Cl.CCNc1nc(Cl)nc(NC(C)C)n1.CCc1cccc(C)c1N(C(=O)CCl)C(C)COC. The van der Waals surface area contributed by atoms with E-state index in [1.807, 2.05) is 77.9 Å². The summed E-state index contributed by atoms with van der Waals surface area (Å²) in [6.45, 7) is 16.4. The van der Waals surface area contributed by atoms with Gasteiger partial charge in [-0.1, -0.05) is 89.6 Å². The number of terminal acetylenes is 1. The lowest BCUT2D eigenvalue weighted by atomic mass is 10.0. The number of carbonyl (C=O) groups is 2. The molecule has 0 spiro atoms. The summed E-state index contributed by atoms with van der Waals surface area (Å²) in [5, 5.41) is 11.3. The molecule has 22 heteroatoms. The molecule has 2 amide bonds. The molecule has 2 aliphatic rings. The molecule has 0 fully saturated rings. The lowest BCUT2D eigenvalue weighted by molar-refractivity contribution is -0.118. The number of methoxy groups -OCH3 is 1. The van der Waals surface area contributed by atoms with Gasteiger partial charge in [0.05, 0.1) is 45.8 Å². The maximum atomic E-state index is 12.5. The van der Waals surface area contributed by atoms with Crippen LogP contribution in [-0.4, -0.2) is 103 Å². The number of benzene rings is 3. The Bertz CT molecular complexity index is 2660. The fraction of sp³-hybridized carbons (Fsp3) is 0.449. The van der Waals surface area contributed by atoms with Crippen LogP contribution in [0.15, 0.2) is 59.4 Å². The summed E-state index contributed by atoms with van der Waals surface area (Å²) in [5.74, 6) is 4.76. The number of alkyl halides is 3. The Balaban J connectivity index is 0.000000209. The van der Waals surface area contributed by atoms with Crippen molar-refractivity contribution in [1.82, 2.24) is 29.3 Å². The molecule has 3 aromatic carbocycles. The Morgan fingerprint density at radius 2 is 1.70 bits per heavy atom. The number of nitrogens with one attached hydrogen (secondary N) is 2. The molecule has 5 aromatic rings. The molecule has 0 radical (unpaired) electrons. The molecule has 0 saturated heterocycles. The number of nitrogens with zero attached hydrogens (tertiary/aromatic N) is 8. The molecular formula is C49H60Cl6N10O6. The average Bonchev–Trinajstić information content (AvgIpc) is 3.67. The minimum absolute atomic E-state index is 0.0223. The normalized spacial score (nSPS) is 13.8. The second-order valence-corrected chi connectivity index (χ2v) is 18.8. The average molecular weight is 1100 g/mol. The summed E-state index contributed by atoms with van der Waals surface area (Å²) in [4.78, 5) is 50.9. The van der Waals surface area contributed by atoms with Crippen LogP contribution in [-0.2, 0) is 33.7 Å². The first-order valence-electron chi connectivity index (χ1n) is 22.9. The van der Waals surface area contributed by atoms with E-state index in [1.54, 1.807) is 27.5 Å². The predicted octanol–water partition coefficient (Wildman–Crippen LogP) is 10.2. The quantitative estimate of drug-likeness (QED) is 0.0798. The van der Waals surface area contributed by atoms with Crippen molar-refractivity contribution in [3.8, 4) is 29.5 Å². The zero-order valence-corrected chi connectivity index (χ0v) is 45.5. The number of fused-ring (bicyclic) bond motifs is 2. The highest BCUT2D eigenvalue weighted by molar-refractivity contribution is 6.54.